The van der Waals surface area contributed by atoms with Crippen molar-refractivity contribution in [1.82, 2.24) is 10.3 Å². The van der Waals surface area contributed by atoms with Gasteiger partial charge >= 0.3 is 0 Å². The molecule has 0 spiro atoms. The summed E-state index contributed by atoms with van der Waals surface area (Å²) in [5.74, 6) is -0.519. The number of rotatable bonds is 5. The molecule has 0 saturated heterocycles. The van der Waals surface area contributed by atoms with Crippen molar-refractivity contribution in [3.05, 3.63) is 33.1 Å². The van der Waals surface area contributed by atoms with E-state index in [1.807, 2.05) is 20.8 Å². The van der Waals surface area contributed by atoms with Crippen molar-refractivity contribution in [3.63, 3.8) is 0 Å². The second kappa shape index (κ2) is 5.97. The Kier molecular flexibility index (Phi) is 4.83. The number of carbonyl (C=O) groups is 1. The molecule has 0 unspecified atom stereocenters. The highest BCUT2D eigenvalue weighted by atomic mass is 35.5. The van der Waals surface area contributed by atoms with Gasteiger partial charge in [-0.25, -0.2) is 4.98 Å². The molecule has 1 heterocycles. The smallest absolute Gasteiger partial charge is 0.300 e. The number of hydrogen-bond donors (Lipinski definition) is 1. The summed E-state index contributed by atoms with van der Waals surface area (Å²) in [4.78, 5) is 26.0. The van der Waals surface area contributed by atoms with Crippen LogP contribution in [-0.4, -0.2) is 21.4 Å². The van der Waals surface area contributed by atoms with Gasteiger partial charge in [0.1, 0.15) is 16.9 Å². The first-order chi connectivity index (χ1) is 8.76. The minimum Gasteiger partial charge on any atom is -0.347 e. The predicted octanol–water partition coefficient (Wildman–Crippen LogP) is 2.95. The highest BCUT2D eigenvalue weighted by Crippen LogP contribution is 2.21. The SMILES string of the molecule is CCCC(C)(C)NC(=O)c1cc(Cl)ncc1[N+](=O)[O-]. The summed E-state index contributed by atoms with van der Waals surface area (Å²) in [6.07, 6.45) is 2.65. The van der Waals surface area contributed by atoms with Gasteiger partial charge in [0.2, 0.25) is 0 Å². The molecule has 1 N–H and O–H groups in total. The molecule has 0 saturated carbocycles. The van der Waals surface area contributed by atoms with E-state index >= 15 is 0 Å². The van der Waals surface area contributed by atoms with E-state index in [0.717, 1.165) is 19.0 Å². The molecule has 0 aliphatic carbocycles. The molecule has 6 nitrogen and oxygen atoms in total. The van der Waals surface area contributed by atoms with Gasteiger partial charge in [-0.15, -0.1) is 0 Å². The number of pyridine rings is 1. The van der Waals surface area contributed by atoms with E-state index in [4.69, 9.17) is 11.6 Å². The van der Waals surface area contributed by atoms with E-state index < -0.39 is 16.4 Å². The largest absolute Gasteiger partial charge is 0.347 e. The first-order valence-electron chi connectivity index (χ1n) is 5.89. The average molecular weight is 286 g/mol. The topological polar surface area (TPSA) is 85.1 Å². The maximum Gasteiger partial charge on any atom is 0.300 e. The Labute approximate surface area is 116 Å². The zero-order chi connectivity index (χ0) is 14.6. The zero-order valence-electron chi connectivity index (χ0n) is 11.1. The summed E-state index contributed by atoms with van der Waals surface area (Å²) in [6, 6.07) is 1.21. The molecule has 1 aromatic heterocycles. The van der Waals surface area contributed by atoms with Crippen LogP contribution < -0.4 is 5.32 Å². The molecule has 0 aromatic carbocycles. The fourth-order valence-corrected chi connectivity index (χ4v) is 1.97. The number of nitrogens with zero attached hydrogens (tertiary/aromatic N) is 2. The van der Waals surface area contributed by atoms with Gasteiger partial charge < -0.3 is 5.32 Å². The van der Waals surface area contributed by atoms with Crippen LogP contribution in [-0.2, 0) is 0 Å². The van der Waals surface area contributed by atoms with E-state index in [9.17, 15) is 14.9 Å². The minimum absolute atomic E-state index is 0.0454. The van der Waals surface area contributed by atoms with Crippen molar-refractivity contribution in [2.24, 2.45) is 0 Å². The molecular weight excluding hydrogens is 270 g/mol. The van der Waals surface area contributed by atoms with Gasteiger partial charge in [-0.3, -0.25) is 14.9 Å². The monoisotopic (exact) mass is 285 g/mol. The highest BCUT2D eigenvalue weighted by molar-refractivity contribution is 6.29. The van der Waals surface area contributed by atoms with Crippen LogP contribution >= 0.6 is 11.6 Å². The number of nitro groups is 1. The third kappa shape index (κ3) is 4.17. The van der Waals surface area contributed by atoms with Gasteiger partial charge in [0.15, 0.2) is 0 Å². The number of halogens is 1. The van der Waals surface area contributed by atoms with Crippen LogP contribution in [0.1, 0.15) is 44.0 Å². The van der Waals surface area contributed by atoms with Crippen LogP contribution in [0.5, 0.6) is 0 Å². The highest BCUT2D eigenvalue weighted by Gasteiger charge is 2.26. The molecule has 1 amide bonds. The Morgan fingerprint density at radius 1 is 1.58 bits per heavy atom. The van der Waals surface area contributed by atoms with Crippen LogP contribution in [0.15, 0.2) is 12.3 Å². The second-order valence-electron chi connectivity index (χ2n) is 4.87. The van der Waals surface area contributed by atoms with Crippen molar-refractivity contribution < 1.29 is 9.72 Å². The van der Waals surface area contributed by atoms with Crippen molar-refractivity contribution in [2.75, 3.05) is 0 Å². The maximum absolute atomic E-state index is 12.1. The summed E-state index contributed by atoms with van der Waals surface area (Å²) in [5.41, 5.74) is -0.863. The van der Waals surface area contributed by atoms with E-state index in [0.29, 0.717) is 0 Å². The molecule has 7 heteroatoms. The summed E-state index contributed by atoms with van der Waals surface area (Å²) in [5, 5.41) is 13.7. The Hall–Kier alpha value is -1.69. The summed E-state index contributed by atoms with van der Waals surface area (Å²) < 4.78 is 0. The number of nitrogens with one attached hydrogen (secondary N) is 1. The van der Waals surface area contributed by atoms with E-state index in [2.05, 4.69) is 10.3 Å². The van der Waals surface area contributed by atoms with Gasteiger partial charge in [0.25, 0.3) is 11.6 Å². The number of hydrogen-bond acceptors (Lipinski definition) is 4. The lowest BCUT2D eigenvalue weighted by molar-refractivity contribution is -0.385. The molecule has 104 valence electrons. The normalized spacial score (nSPS) is 11.2. The molecule has 0 aliphatic heterocycles. The first kappa shape index (κ1) is 15.4. The standard InChI is InChI=1S/C12H16ClN3O3/c1-4-5-12(2,3)15-11(17)8-6-10(13)14-7-9(8)16(18)19/h6-7H,4-5H2,1-3H3,(H,15,17). The minimum atomic E-state index is -0.648. The van der Waals surface area contributed by atoms with Crippen molar-refractivity contribution in [3.8, 4) is 0 Å². The molecule has 0 atom stereocenters. The molecule has 0 bridgehead atoms. The third-order valence-electron chi connectivity index (χ3n) is 2.62. The van der Waals surface area contributed by atoms with Crippen LogP contribution in [0.2, 0.25) is 5.15 Å². The predicted molar refractivity (Wildman–Crippen MR) is 72.4 cm³/mol. The molecule has 0 fully saturated rings. The average Bonchev–Trinajstić information content (AvgIpc) is 2.27. The Balaban J connectivity index is 3.05. The van der Waals surface area contributed by atoms with Gasteiger partial charge in [0, 0.05) is 5.54 Å². The van der Waals surface area contributed by atoms with Crippen molar-refractivity contribution >= 4 is 23.2 Å². The summed E-state index contributed by atoms with van der Waals surface area (Å²) in [6.45, 7) is 5.73. The molecule has 0 aliphatic rings. The van der Waals surface area contributed by atoms with Gasteiger partial charge in [-0.2, -0.15) is 0 Å². The maximum atomic E-state index is 12.1. The van der Waals surface area contributed by atoms with Crippen LogP contribution in [0.4, 0.5) is 5.69 Å². The van der Waals surface area contributed by atoms with Crippen LogP contribution in [0.3, 0.4) is 0 Å². The fourth-order valence-electron chi connectivity index (χ4n) is 1.81. The second-order valence-corrected chi connectivity index (χ2v) is 5.26. The lowest BCUT2D eigenvalue weighted by atomic mass is 9.98. The van der Waals surface area contributed by atoms with Gasteiger partial charge in [0.05, 0.1) is 4.92 Å². The quantitative estimate of drug-likeness (QED) is 0.512. The molecular formula is C12H16ClN3O3. The lowest BCUT2D eigenvalue weighted by Crippen LogP contribution is -2.43. The molecule has 1 aromatic rings. The Morgan fingerprint density at radius 2 is 2.21 bits per heavy atom. The summed E-state index contributed by atoms with van der Waals surface area (Å²) >= 11 is 5.68. The fraction of sp³-hybridized carbons (Fsp3) is 0.500. The van der Waals surface area contributed by atoms with E-state index in [-0.39, 0.29) is 16.4 Å². The Bertz CT molecular complexity index is 503. The van der Waals surface area contributed by atoms with E-state index in [1.54, 1.807) is 0 Å². The van der Waals surface area contributed by atoms with Crippen molar-refractivity contribution in [1.29, 1.82) is 0 Å². The van der Waals surface area contributed by atoms with E-state index in [1.165, 1.54) is 6.07 Å². The van der Waals surface area contributed by atoms with Crippen molar-refractivity contribution in [2.45, 2.75) is 39.2 Å². The van der Waals surface area contributed by atoms with Crippen LogP contribution in [0, 0.1) is 10.1 Å². The molecule has 19 heavy (non-hydrogen) atoms. The Morgan fingerprint density at radius 3 is 2.74 bits per heavy atom. The van der Waals surface area contributed by atoms with Gasteiger partial charge in [-0.05, 0) is 26.3 Å². The zero-order valence-corrected chi connectivity index (χ0v) is 11.8. The third-order valence-corrected chi connectivity index (χ3v) is 2.82. The number of aromatic nitrogens is 1. The molecule has 0 radical (unpaired) electrons. The number of amides is 1. The molecule has 1 rings (SSSR count). The first-order valence-corrected chi connectivity index (χ1v) is 6.27. The summed E-state index contributed by atoms with van der Waals surface area (Å²) in [7, 11) is 0. The number of carbonyl (C=O) groups excluding carboxylic acids is 1. The van der Waals surface area contributed by atoms with Crippen LogP contribution in [0.25, 0.3) is 0 Å². The lowest BCUT2D eigenvalue weighted by Gasteiger charge is -2.25. The van der Waals surface area contributed by atoms with Gasteiger partial charge in [-0.1, -0.05) is 24.9 Å².